The molecule has 2 aromatic rings. The van der Waals surface area contributed by atoms with E-state index >= 15 is 0 Å². The molecule has 1 N–H and O–H groups in total. The largest absolute Gasteiger partial charge is 0.497 e. The third kappa shape index (κ3) is 3.95. The molecular formula is C18H21ClN2O2. The number of aromatic nitrogens is 1. The predicted molar refractivity (Wildman–Crippen MR) is 91.5 cm³/mol. The second-order valence-electron chi connectivity index (χ2n) is 5.73. The maximum Gasteiger partial charge on any atom is 0.232 e. The fourth-order valence-corrected chi connectivity index (χ4v) is 3.19. The highest BCUT2D eigenvalue weighted by atomic mass is 35.5. The number of rotatable bonds is 5. The Balaban J connectivity index is 1.69. The first-order chi connectivity index (χ1) is 11.3. The van der Waals surface area contributed by atoms with Crippen molar-refractivity contribution in [3.63, 3.8) is 0 Å². The summed E-state index contributed by atoms with van der Waals surface area (Å²) in [5.74, 6) is 2.24. The van der Waals surface area contributed by atoms with Gasteiger partial charge in [-0.15, -0.1) is 0 Å². The number of hydrogen-bond acceptors (Lipinski definition) is 4. The van der Waals surface area contributed by atoms with E-state index in [1.807, 2.05) is 12.1 Å². The van der Waals surface area contributed by atoms with Crippen LogP contribution in [0.3, 0.4) is 0 Å². The van der Waals surface area contributed by atoms with Crippen molar-refractivity contribution >= 4 is 11.6 Å². The van der Waals surface area contributed by atoms with Crippen LogP contribution in [-0.4, -0.2) is 31.8 Å². The van der Waals surface area contributed by atoms with Gasteiger partial charge < -0.3 is 14.8 Å². The zero-order valence-electron chi connectivity index (χ0n) is 13.2. The van der Waals surface area contributed by atoms with Gasteiger partial charge in [-0.25, -0.2) is 4.98 Å². The Morgan fingerprint density at radius 2 is 2.09 bits per heavy atom. The van der Waals surface area contributed by atoms with E-state index in [2.05, 4.69) is 22.4 Å². The van der Waals surface area contributed by atoms with Crippen molar-refractivity contribution in [2.24, 2.45) is 5.92 Å². The summed E-state index contributed by atoms with van der Waals surface area (Å²) in [7, 11) is 1.68. The topological polar surface area (TPSA) is 43.4 Å². The van der Waals surface area contributed by atoms with Gasteiger partial charge in [0.05, 0.1) is 13.7 Å². The number of halogens is 1. The summed E-state index contributed by atoms with van der Waals surface area (Å²) in [5, 5.41) is 4.03. The predicted octanol–water partition coefficient (Wildman–Crippen LogP) is 3.52. The van der Waals surface area contributed by atoms with Gasteiger partial charge in [0.2, 0.25) is 5.88 Å². The Morgan fingerprint density at radius 1 is 1.26 bits per heavy atom. The van der Waals surface area contributed by atoms with Crippen LogP contribution in [-0.2, 0) is 0 Å². The Bertz CT molecular complexity index is 633. The molecule has 1 aromatic carbocycles. The summed E-state index contributed by atoms with van der Waals surface area (Å²) in [5.41, 5.74) is 1.30. The highest BCUT2D eigenvalue weighted by Crippen LogP contribution is 2.31. The van der Waals surface area contributed by atoms with Gasteiger partial charge in [-0.2, -0.15) is 0 Å². The first-order valence-corrected chi connectivity index (χ1v) is 8.23. The highest BCUT2D eigenvalue weighted by Gasteiger charge is 2.27. The van der Waals surface area contributed by atoms with E-state index in [1.165, 1.54) is 5.56 Å². The number of nitrogens with zero attached hydrogens (tertiary/aromatic N) is 1. The third-order valence-electron chi connectivity index (χ3n) is 4.33. The second-order valence-corrected chi connectivity index (χ2v) is 6.14. The van der Waals surface area contributed by atoms with E-state index in [0.29, 0.717) is 29.3 Å². The van der Waals surface area contributed by atoms with Gasteiger partial charge in [0, 0.05) is 24.6 Å². The van der Waals surface area contributed by atoms with E-state index in [4.69, 9.17) is 21.1 Å². The smallest absolute Gasteiger partial charge is 0.232 e. The van der Waals surface area contributed by atoms with Gasteiger partial charge in [-0.05, 0) is 42.8 Å². The minimum absolute atomic E-state index is 0.414. The first kappa shape index (κ1) is 16.1. The van der Waals surface area contributed by atoms with E-state index in [9.17, 15) is 0 Å². The van der Waals surface area contributed by atoms with Gasteiger partial charge in [-0.3, -0.25) is 0 Å². The molecule has 122 valence electrons. The van der Waals surface area contributed by atoms with Gasteiger partial charge >= 0.3 is 0 Å². The molecule has 5 heteroatoms. The van der Waals surface area contributed by atoms with Crippen LogP contribution in [0.25, 0.3) is 0 Å². The van der Waals surface area contributed by atoms with Crippen molar-refractivity contribution in [2.75, 3.05) is 26.8 Å². The summed E-state index contributed by atoms with van der Waals surface area (Å²) >= 11 is 6.11. The normalized spacial score (nSPS) is 21.0. The number of methoxy groups -OCH3 is 1. The lowest BCUT2D eigenvalue weighted by molar-refractivity contribution is 0.189. The Hall–Kier alpha value is -1.78. The van der Waals surface area contributed by atoms with Crippen LogP contribution in [0.5, 0.6) is 11.6 Å². The maximum atomic E-state index is 6.11. The minimum atomic E-state index is 0.414. The zero-order valence-corrected chi connectivity index (χ0v) is 13.9. The molecule has 23 heavy (non-hydrogen) atoms. The molecule has 1 fully saturated rings. The van der Waals surface area contributed by atoms with Crippen LogP contribution in [0.1, 0.15) is 17.9 Å². The van der Waals surface area contributed by atoms with Gasteiger partial charge in [0.15, 0.2) is 0 Å². The van der Waals surface area contributed by atoms with Crippen LogP contribution < -0.4 is 14.8 Å². The molecule has 2 atom stereocenters. The maximum absolute atomic E-state index is 6.11. The molecule has 3 rings (SSSR count). The fourth-order valence-electron chi connectivity index (χ4n) is 3.02. The van der Waals surface area contributed by atoms with Crippen LogP contribution in [0.2, 0.25) is 5.02 Å². The van der Waals surface area contributed by atoms with Crippen molar-refractivity contribution < 1.29 is 9.47 Å². The quantitative estimate of drug-likeness (QED) is 0.910. The average Bonchev–Trinajstić information content (AvgIpc) is 2.61. The minimum Gasteiger partial charge on any atom is -0.497 e. The summed E-state index contributed by atoms with van der Waals surface area (Å²) in [6, 6.07) is 11.9. The van der Waals surface area contributed by atoms with Crippen LogP contribution >= 0.6 is 11.6 Å². The number of piperidine rings is 1. The monoisotopic (exact) mass is 332 g/mol. The molecule has 2 unspecified atom stereocenters. The van der Waals surface area contributed by atoms with Crippen LogP contribution in [0.4, 0.5) is 0 Å². The highest BCUT2D eigenvalue weighted by molar-refractivity contribution is 6.31. The van der Waals surface area contributed by atoms with E-state index in [0.717, 1.165) is 25.3 Å². The summed E-state index contributed by atoms with van der Waals surface area (Å²) in [6.45, 7) is 2.59. The van der Waals surface area contributed by atoms with Crippen LogP contribution in [0, 0.1) is 5.92 Å². The van der Waals surface area contributed by atoms with Crippen molar-refractivity contribution in [1.29, 1.82) is 0 Å². The SMILES string of the molecule is COc1ccc(C2CNCCC2COc2ncccc2Cl)cc1. The molecule has 0 amide bonds. The average molecular weight is 333 g/mol. The van der Waals surface area contributed by atoms with Crippen molar-refractivity contribution in [3.05, 3.63) is 53.2 Å². The molecule has 0 saturated carbocycles. The molecule has 0 aliphatic carbocycles. The van der Waals surface area contributed by atoms with Crippen molar-refractivity contribution in [3.8, 4) is 11.6 Å². The molecule has 1 aliphatic rings. The van der Waals surface area contributed by atoms with E-state index in [-0.39, 0.29) is 0 Å². The summed E-state index contributed by atoms with van der Waals surface area (Å²) in [6.07, 6.45) is 2.77. The fraction of sp³-hybridized carbons (Fsp3) is 0.389. The number of benzene rings is 1. The number of hydrogen-bond donors (Lipinski definition) is 1. The molecule has 1 aromatic heterocycles. The summed E-state index contributed by atoms with van der Waals surface area (Å²) in [4.78, 5) is 4.20. The van der Waals surface area contributed by atoms with E-state index in [1.54, 1.807) is 25.4 Å². The number of ether oxygens (including phenoxy) is 2. The number of nitrogens with one attached hydrogen (secondary N) is 1. The Morgan fingerprint density at radius 3 is 2.83 bits per heavy atom. The molecule has 4 nitrogen and oxygen atoms in total. The van der Waals surface area contributed by atoms with Crippen LogP contribution in [0.15, 0.2) is 42.6 Å². The number of pyridine rings is 1. The van der Waals surface area contributed by atoms with Gasteiger partial charge in [0.25, 0.3) is 0 Å². The second kappa shape index (κ2) is 7.66. The molecule has 0 spiro atoms. The Kier molecular flexibility index (Phi) is 5.36. The zero-order chi connectivity index (χ0) is 16.1. The van der Waals surface area contributed by atoms with Crippen molar-refractivity contribution in [2.45, 2.75) is 12.3 Å². The first-order valence-electron chi connectivity index (χ1n) is 7.86. The summed E-state index contributed by atoms with van der Waals surface area (Å²) < 4.78 is 11.1. The molecular weight excluding hydrogens is 312 g/mol. The van der Waals surface area contributed by atoms with Crippen molar-refractivity contribution in [1.82, 2.24) is 10.3 Å². The molecule has 1 saturated heterocycles. The Labute approximate surface area is 141 Å². The van der Waals surface area contributed by atoms with Gasteiger partial charge in [0.1, 0.15) is 10.8 Å². The molecule has 0 radical (unpaired) electrons. The molecule has 0 bridgehead atoms. The third-order valence-corrected chi connectivity index (χ3v) is 4.62. The lowest BCUT2D eigenvalue weighted by Crippen LogP contribution is -2.37. The van der Waals surface area contributed by atoms with E-state index < -0.39 is 0 Å². The lowest BCUT2D eigenvalue weighted by Gasteiger charge is -2.32. The molecule has 2 heterocycles. The standard InChI is InChI=1S/C18H21ClN2O2/c1-22-15-6-4-13(5-7-15)16-11-20-10-8-14(16)12-23-18-17(19)3-2-9-21-18/h2-7,9,14,16,20H,8,10-12H2,1H3. The lowest BCUT2D eigenvalue weighted by atomic mass is 9.82. The molecule has 1 aliphatic heterocycles. The van der Waals surface area contributed by atoms with Gasteiger partial charge in [-0.1, -0.05) is 23.7 Å².